The van der Waals surface area contributed by atoms with Crippen molar-refractivity contribution in [2.24, 2.45) is 0 Å². The first kappa shape index (κ1) is 16.5. The number of sulfone groups is 1. The highest BCUT2D eigenvalue weighted by molar-refractivity contribution is 7.92. The highest BCUT2D eigenvalue weighted by atomic mass is 32.2. The molecule has 1 aliphatic rings. The first-order chi connectivity index (χ1) is 9.47. The molecule has 6 heteroatoms. The Morgan fingerprint density at radius 2 is 1.38 bits per heavy atom. The van der Waals surface area contributed by atoms with Gasteiger partial charge in [-0.2, -0.15) is 0 Å². The molecule has 1 aromatic rings. The van der Waals surface area contributed by atoms with Gasteiger partial charge >= 0.3 is 7.12 Å². The molecule has 0 aliphatic carbocycles. The highest BCUT2D eigenvalue weighted by Crippen LogP contribution is 2.36. The van der Waals surface area contributed by atoms with Crippen LogP contribution < -0.4 is 5.46 Å². The lowest BCUT2D eigenvalue weighted by atomic mass is 9.79. The lowest BCUT2D eigenvalue weighted by Crippen LogP contribution is -2.41. The SMILES string of the molecule is CC(C)S(=O)(=O)c1ccc(B2OC(C)(C)C(C)(C)O2)cc1. The van der Waals surface area contributed by atoms with Crippen molar-refractivity contribution in [3.8, 4) is 0 Å². The van der Waals surface area contributed by atoms with Gasteiger partial charge in [-0.1, -0.05) is 12.1 Å². The minimum Gasteiger partial charge on any atom is -0.399 e. The molecule has 0 aromatic heterocycles. The van der Waals surface area contributed by atoms with Gasteiger partial charge in [-0.15, -0.1) is 0 Å². The fourth-order valence-corrected chi connectivity index (χ4v) is 3.13. The van der Waals surface area contributed by atoms with E-state index in [4.69, 9.17) is 9.31 Å². The van der Waals surface area contributed by atoms with E-state index in [1.54, 1.807) is 38.1 Å². The first-order valence-corrected chi connectivity index (χ1v) is 8.71. The molecular formula is C15H23BO4S. The zero-order valence-corrected chi connectivity index (χ0v) is 14.3. The van der Waals surface area contributed by atoms with Gasteiger partial charge in [0.1, 0.15) is 0 Å². The van der Waals surface area contributed by atoms with Gasteiger partial charge in [-0.3, -0.25) is 0 Å². The van der Waals surface area contributed by atoms with Crippen LogP contribution in [-0.4, -0.2) is 32.0 Å². The van der Waals surface area contributed by atoms with Gasteiger partial charge in [0.2, 0.25) is 0 Å². The zero-order chi connectivity index (χ0) is 16.1. The summed E-state index contributed by atoms with van der Waals surface area (Å²) in [5.74, 6) is 0. The molecule has 1 saturated heterocycles. The predicted molar refractivity (Wildman–Crippen MR) is 84.5 cm³/mol. The summed E-state index contributed by atoms with van der Waals surface area (Å²) >= 11 is 0. The summed E-state index contributed by atoms with van der Waals surface area (Å²) in [5.41, 5.74) is 0.0251. The van der Waals surface area contributed by atoms with Crippen molar-refractivity contribution < 1.29 is 17.7 Å². The van der Waals surface area contributed by atoms with Crippen LogP contribution in [0.5, 0.6) is 0 Å². The maximum atomic E-state index is 12.1. The van der Waals surface area contributed by atoms with E-state index in [2.05, 4.69) is 0 Å². The molecule has 1 heterocycles. The Balaban J connectivity index is 2.26. The largest absolute Gasteiger partial charge is 0.494 e. The molecule has 0 saturated carbocycles. The van der Waals surface area contributed by atoms with Crippen molar-refractivity contribution in [3.63, 3.8) is 0 Å². The van der Waals surface area contributed by atoms with Crippen molar-refractivity contribution in [1.29, 1.82) is 0 Å². The summed E-state index contributed by atoms with van der Waals surface area (Å²) in [6, 6.07) is 6.76. The standard InChI is InChI=1S/C15H23BO4S/c1-11(2)21(17,18)13-9-7-12(8-10-13)16-19-14(3,4)15(5,6)20-16/h7-11H,1-6H3. The topological polar surface area (TPSA) is 52.6 Å². The number of hydrogen-bond acceptors (Lipinski definition) is 4. The smallest absolute Gasteiger partial charge is 0.399 e. The molecule has 0 spiro atoms. The van der Waals surface area contributed by atoms with Crippen molar-refractivity contribution in [1.82, 2.24) is 0 Å². The van der Waals surface area contributed by atoms with Crippen LogP contribution in [0.1, 0.15) is 41.5 Å². The quantitative estimate of drug-likeness (QED) is 0.803. The Morgan fingerprint density at radius 3 is 1.76 bits per heavy atom. The van der Waals surface area contributed by atoms with E-state index >= 15 is 0 Å². The Hall–Kier alpha value is -0.845. The van der Waals surface area contributed by atoms with Crippen molar-refractivity contribution >= 4 is 22.4 Å². The van der Waals surface area contributed by atoms with E-state index in [0.717, 1.165) is 5.46 Å². The number of hydrogen-bond donors (Lipinski definition) is 0. The molecule has 0 atom stereocenters. The maximum Gasteiger partial charge on any atom is 0.494 e. The van der Waals surface area contributed by atoms with E-state index in [-0.39, 0.29) is 0 Å². The van der Waals surface area contributed by atoms with Gasteiger partial charge in [0, 0.05) is 0 Å². The summed E-state index contributed by atoms with van der Waals surface area (Å²) in [4.78, 5) is 0.331. The lowest BCUT2D eigenvalue weighted by Gasteiger charge is -2.32. The summed E-state index contributed by atoms with van der Waals surface area (Å²) in [5, 5.41) is -0.430. The van der Waals surface area contributed by atoms with Crippen LogP contribution in [0.2, 0.25) is 0 Å². The van der Waals surface area contributed by atoms with E-state index in [1.807, 2.05) is 27.7 Å². The molecular weight excluding hydrogens is 287 g/mol. The molecule has 1 aromatic carbocycles. The second-order valence-corrected chi connectivity index (χ2v) is 9.26. The number of rotatable bonds is 3. The summed E-state index contributed by atoms with van der Waals surface area (Å²) in [6.45, 7) is 11.3. The molecule has 4 nitrogen and oxygen atoms in total. The van der Waals surface area contributed by atoms with Crippen LogP contribution in [0.25, 0.3) is 0 Å². The van der Waals surface area contributed by atoms with Crippen LogP contribution in [0.3, 0.4) is 0 Å². The fraction of sp³-hybridized carbons (Fsp3) is 0.600. The third kappa shape index (κ3) is 2.89. The maximum absolute atomic E-state index is 12.1. The summed E-state index contributed by atoms with van der Waals surface area (Å²) < 4.78 is 36.1. The molecule has 2 rings (SSSR count). The Morgan fingerprint density at radius 1 is 0.952 bits per heavy atom. The molecule has 21 heavy (non-hydrogen) atoms. The first-order valence-electron chi connectivity index (χ1n) is 7.17. The molecule has 0 unspecified atom stereocenters. The average Bonchev–Trinajstić information content (AvgIpc) is 2.58. The lowest BCUT2D eigenvalue weighted by molar-refractivity contribution is 0.00578. The van der Waals surface area contributed by atoms with Crippen LogP contribution >= 0.6 is 0 Å². The van der Waals surface area contributed by atoms with Gasteiger partial charge in [-0.25, -0.2) is 8.42 Å². The fourth-order valence-electron chi connectivity index (χ4n) is 2.07. The minimum atomic E-state index is -3.24. The van der Waals surface area contributed by atoms with Crippen molar-refractivity contribution in [2.75, 3.05) is 0 Å². The van der Waals surface area contributed by atoms with Gasteiger partial charge in [0.05, 0.1) is 21.3 Å². The molecule has 1 aliphatic heterocycles. The van der Waals surface area contributed by atoms with Gasteiger partial charge in [0.15, 0.2) is 9.84 Å². The van der Waals surface area contributed by atoms with Gasteiger partial charge in [0.25, 0.3) is 0 Å². The summed E-state index contributed by atoms with van der Waals surface area (Å²) in [7, 11) is -3.71. The number of benzene rings is 1. The van der Waals surface area contributed by atoms with E-state index in [9.17, 15) is 8.42 Å². The van der Waals surface area contributed by atoms with E-state index < -0.39 is 33.4 Å². The van der Waals surface area contributed by atoms with Crippen molar-refractivity contribution in [2.45, 2.75) is 62.9 Å². The van der Waals surface area contributed by atoms with Crippen LogP contribution in [0, 0.1) is 0 Å². The van der Waals surface area contributed by atoms with Gasteiger partial charge < -0.3 is 9.31 Å². The Bertz CT molecular complexity index is 602. The second-order valence-electron chi connectivity index (χ2n) is 6.75. The third-order valence-corrected chi connectivity index (χ3v) is 6.53. The van der Waals surface area contributed by atoms with E-state index in [0.29, 0.717) is 4.90 Å². The van der Waals surface area contributed by atoms with Crippen LogP contribution in [0.15, 0.2) is 29.2 Å². The molecule has 0 radical (unpaired) electrons. The molecule has 0 N–H and O–H groups in total. The monoisotopic (exact) mass is 310 g/mol. The Kier molecular flexibility index (Phi) is 4.02. The van der Waals surface area contributed by atoms with Crippen molar-refractivity contribution in [3.05, 3.63) is 24.3 Å². The highest BCUT2D eigenvalue weighted by Gasteiger charge is 2.51. The second kappa shape index (κ2) is 5.11. The third-order valence-electron chi connectivity index (χ3n) is 4.35. The molecule has 0 amide bonds. The molecule has 0 bridgehead atoms. The van der Waals surface area contributed by atoms with E-state index in [1.165, 1.54) is 0 Å². The van der Waals surface area contributed by atoms with Crippen LogP contribution in [0.4, 0.5) is 0 Å². The Labute approximate surface area is 127 Å². The normalized spacial score (nSPS) is 21.0. The van der Waals surface area contributed by atoms with Crippen LogP contribution in [-0.2, 0) is 19.1 Å². The summed E-state index contributed by atoms with van der Waals surface area (Å²) in [6.07, 6.45) is 0. The zero-order valence-electron chi connectivity index (χ0n) is 13.5. The molecule has 116 valence electrons. The van der Waals surface area contributed by atoms with Gasteiger partial charge in [-0.05, 0) is 59.1 Å². The minimum absolute atomic E-state index is 0.331. The molecule has 1 fully saturated rings. The average molecular weight is 310 g/mol. The predicted octanol–water partition coefficient (Wildman–Crippen LogP) is 2.17.